The largest absolute Gasteiger partial charge is 0.493 e. The van der Waals surface area contributed by atoms with Gasteiger partial charge in [-0.3, -0.25) is 4.79 Å². The number of methoxy groups -OCH3 is 2. The molecular formula is C17H26INO3. The summed E-state index contributed by atoms with van der Waals surface area (Å²) in [6.45, 7) is 5.89. The summed E-state index contributed by atoms with van der Waals surface area (Å²) >= 11 is 2.18. The van der Waals surface area contributed by atoms with E-state index in [1.165, 1.54) is 0 Å². The third-order valence-electron chi connectivity index (χ3n) is 3.55. The van der Waals surface area contributed by atoms with Crippen LogP contribution >= 0.6 is 22.6 Å². The molecule has 124 valence electrons. The molecule has 1 aromatic rings. The molecule has 5 heteroatoms. The molecule has 0 aliphatic rings. The smallest absolute Gasteiger partial charge is 0.255 e. The number of halogens is 1. The van der Waals surface area contributed by atoms with Gasteiger partial charge in [0.2, 0.25) is 0 Å². The van der Waals surface area contributed by atoms with E-state index in [1.807, 2.05) is 11.0 Å². The number of hydrogen-bond acceptors (Lipinski definition) is 3. The molecule has 0 fully saturated rings. The Labute approximate surface area is 147 Å². The van der Waals surface area contributed by atoms with Gasteiger partial charge in [-0.05, 0) is 47.6 Å². The highest BCUT2D eigenvalue weighted by molar-refractivity contribution is 14.1. The van der Waals surface area contributed by atoms with Gasteiger partial charge in [-0.15, -0.1) is 0 Å². The fraction of sp³-hybridized carbons (Fsp3) is 0.588. The Kier molecular flexibility index (Phi) is 8.60. The first-order valence-electron chi connectivity index (χ1n) is 7.79. The molecule has 22 heavy (non-hydrogen) atoms. The van der Waals surface area contributed by atoms with Crippen LogP contribution in [-0.2, 0) is 0 Å². The summed E-state index contributed by atoms with van der Waals surface area (Å²) in [5.74, 6) is 1.32. The molecule has 0 saturated carbocycles. The van der Waals surface area contributed by atoms with E-state index in [1.54, 1.807) is 20.3 Å². The molecule has 0 heterocycles. The topological polar surface area (TPSA) is 38.8 Å². The first kappa shape index (κ1) is 19.1. The lowest BCUT2D eigenvalue weighted by molar-refractivity contribution is 0.0749. The Bertz CT molecular complexity index is 483. The van der Waals surface area contributed by atoms with Crippen LogP contribution in [0.5, 0.6) is 11.5 Å². The predicted octanol–water partition coefficient (Wildman–Crippen LogP) is 4.35. The van der Waals surface area contributed by atoms with Crippen molar-refractivity contribution in [2.45, 2.75) is 39.5 Å². The lowest BCUT2D eigenvalue weighted by Gasteiger charge is -2.23. The highest BCUT2D eigenvalue weighted by Crippen LogP contribution is 2.32. The van der Waals surface area contributed by atoms with Crippen LogP contribution in [0.25, 0.3) is 0 Å². The van der Waals surface area contributed by atoms with Crippen LogP contribution in [-0.4, -0.2) is 38.1 Å². The van der Waals surface area contributed by atoms with Gasteiger partial charge in [0.05, 0.1) is 19.8 Å². The zero-order valence-corrected chi connectivity index (χ0v) is 16.1. The molecule has 0 spiro atoms. The van der Waals surface area contributed by atoms with E-state index in [2.05, 4.69) is 36.4 Å². The van der Waals surface area contributed by atoms with Gasteiger partial charge < -0.3 is 14.4 Å². The standard InChI is InChI=1S/C17H26INO3/c1-5-7-9-19(10-8-6-2)17(20)13-11-15(21-3)16(22-4)12-14(13)18/h11-12H,5-10H2,1-4H3. The van der Waals surface area contributed by atoms with Crippen LogP contribution in [0.3, 0.4) is 0 Å². The summed E-state index contributed by atoms with van der Waals surface area (Å²) in [6.07, 6.45) is 4.22. The van der Waals surface area contributed by atoms with Crippen molar-refractivity contribution in [3.8, 4) is 11.5 Å². The number of amides is 1. The quantitative estimate of drug-likeness (QED) is 0.559. The van der Waals surface area contributed by atoms with E-state index in [9.17, 15) is 4.79 Å². The van der Waals surface area contributed by atoms with Gasteiger partial charge in [0, 0.05) is 16.7 Å². The molecule has 4 nitrogen and oxygen atoms in total. The second-order valence-corrected chi connectivity index (χ2v) is 6.35. The molecule has 0 atom stereocenters. The minimum absolute atomic E-state index is 0.0762. The van der Waals surface area contributed by atoms with Crippen molar-refractivity contribution >= 4 is 28.5 Å². The SMILES string of the molecule is CCCCN(CCCC)C(=O)c1cc(OC)c(OC)cc1I. The number of hydrogen-bond donors (Lipinski definition) is 0. The first-order chi connectivity index (χ1) is 10.6. The van der Waals surface area contributed by atoms with Crippen molar-refractivity contribution in [3.63, 3.8) is 0 Å². The summed E-state index contributed by atoms with van der Waals surface area (Å²) < 4.78 is 11.5. The van der Waals surface area contributed by atoms with E-state index >= 15 is 0 Å². The maximum Gasteiger partial charge on any atom is 0.255 e. The van der Waals surface area contributed by atoms with Crippen LogP contribution in [0.1, 0.15) is 49.9 Å². The molecule has 1 rings (SSSR count). The Hall–Kier alpha value is -0.980. The Morgan fingerprint density at radius 3 is 2.00 bits per heavy atom. The second-order valence-electron chi connectivity index (χ2n) is 5.19. The zero-order chi connectivity index (χ0) is 16.5. The van der Waals surface area contributed by atoms with E-state index in [4.69, 9.17) is 9.47 Å². The summed E-state index contributed by atoms with van der Waals surface area (Å²) in [7, 11) is 3.19. The number of ether oxygens (including phenoxy) is 2. The molecule has 0 N–H and O–H groups in total. The molecule has 0 saturated heterocycles. The van der Waals surface area contributed by atoms with Gasteiger partial charge in [-0.25, -0.2) is 0 Å². The average molecular weight is 419 g/mol. The molecule has 0 bridgehead atoms. The number of nitrogens with zero attached hydrogens (tertiary/aromatic N) is 1. The molecule has 0 unspecified atom stereocenters. The lowest BCUT2D eigenvalue weighted by Crippen LogP contribution is -2.33. The number of unbranched alkanes of at least 4 members (excludes halogenated alkanes) is 2. The van der Waals surface area contributed by atoms with Crippen LogP contribution < -0.4 is 9.47 Å². The Morgan fingerprint density at radius 2 is 1.55 bits per heavy atom. The van der Waals surface area contributed by atoms with Gasteiger partial charge in [0.1, 0.15) is 0 Å². The Balaban J connectivity index is 3.06. The van der Waals surface area contributed by atoms with E-state index in [-0.39, 0.29) is 5.91 Å². The minimum atomic E-state index is 0.0762. The lowest BCUT2D eigenvalue weighted by atomic mass is 10.1. The van der Waals surface area contributed by atoms with E-state index < -0.39 is 0 Å². The van der Waals surface area contributed by atoms with Gasteiger partial charge in [0.15, 0.2) is 11.5 Å². The van der Waals surface area contributed by atoms with Crippen molar-refractivity contribution in [1.82, 2.24) is 4.90 Å². The van der Waals surface area contributed by atoms with Gasteiger partial charge >= 0.3 is 0 Å². The molecule has 1 amide bonds. The fourth-order valence-electron chi connectivity index (χ4n) is 2.20. The van der Waals surface area contributed by atoms with Crippen molar-refractivity contribution in [2.75, 3.05) is 27.3 Å². The summed E-state index contributed by atoms with van der Waals surface area (Å²) in [6, 6.07) is 3.64. The molecule has 0 aliphatic carbocycles. The van der Waals surface area contributed by atoms with Crippen LogP contribution in [0, 0.1) is 3.57 Å². The first-order valence-corrected chi connectivity index (χ1v) is 8.87. The van der Waals surface area contributed by atoms with Crippen molar-refractivity contribution in [1.29, 1.82) is 0 Å². The predicted molar refractivity (Wildman–Crippen MR) is 98.0 cm³/mol. The summed E-state index contributed by atoms with van der Waals surface area (Å²) in [5, 5.41) is 0. The molecule has 0 aliphatic heterocycles. The monoisotopic (exact) mass is 419 g/mol. The van der Waals surface area contributed by atoms with Crippen molar-refractivity contribution < 1.29 is 14.3 Å². The van der Waals surface area contributed by atoms with Crippen molar-refractivity contribution in [3.05, 3.63) is 21.3 Å². The summed E-state index contributed by atoms with van der Waals surface area (Å²) in [4.78, 5) is 14.8. The summed E-state index contributed by atoms with van der Waals surface area (Å²) in [5.41, 5.74) is 0.686. The third kappa shape index (κ3) is 5.04. The number of benzene rings is 1. The average Bonchev–Trinajstić information content (AvgIpc) is 2.54. The fourth-order valence-corrected chi connectivity index (χ4v) is 2.87. The van der Waals surface area contributed by atoms with Gasteiger partial charge in [0.25, 0.3) is 5.91 Å². The highest BCUT2D eigenvalue weighted by atomic mass is 127. The van der Waals surface area contributed by atoms with Crippen LogP contribution in [0.4, 0.5) is 0 Å². The third-order valence-corrected chi connectivity index (χ3v) is 4.45. The number of rotatable bonds is 9. The minimum Gasteiger partial charge on any atom is -0.493 e. The van der Waals surface area contributed by atoms with E-state index in [0.717, 1.165) is 42.3 Å². The maximum atomic E-state index is 12.9. The second kappa shape index (κ2) is 9.92. The number of carbonyl (C=O) groups excluding carboxylic acids is 1. The number of carbonyl (C=O) groups is 1. The van der Waals surface area contributed by atoms with E-state index in [0.29, 0.717) is 17.1 Å². The highest BCUT2D eigenvalue weighted by Gasteiger charge is 2.20. The van der Waals surface area contributed by atoms with Crippen LogP contribution in [0.2, 0.25) is 0 Å². The Morgan fingerprint density at radius 1 is 1.05 bits per heavy atom. The molecular weight excluding hydrogens is 393 g/mol. The van der Waals surface area contributed by atoms with Crippen LogP contribution in [0.15, 0.2) is 12.1 Å². The van der Waals surface area contributed by atoms with Crippen molar-refractivity contribution in [2.24, 2.45) is 0 Å². The molecule has 0 aromatic heterocycles. The molecule has 1 aromatic carbocycles. The zero-order valence-electron chi connectivity index (χ0n) is 13.9. The normalized spacial score (nSPS) is 10.4. The maximum absolute atomic E-state index is 12.9. The molecule has 0 radical (unpaired) electrons. The van der Waals surface area contributed by atoms with Gasteiger partial charge in [-0.1, -0.05) is 26.7 Å². The van der Waals surface area contributed by atoms with Gasteiger partial charge in [-0.2, -0.15) is 0 Å².